The number of aliphatic carboxylic acids is 1. The molecule has 3 aromatic carbocycles. The summed E-state index contributed by atoms with van der Waals surface area (Å²) in [4.78, 5) is 70.1. The number of para-hydroxylation sites is 1. The fourth-order valence-corrected chi connectivity index (χ4v) is 8.81. The number of aliphatic hydroxyl groups excluding tert-OH is 1. The number of nitrogens with one attached hydrogen (secondary N) is 1. The van der Waals surface area contributed by atoms with Crippen molar-refractivity contribution in [2.75, 3.05) is 25.2 Å². The van der Waals surface area contributed by atoms with Crippen LogP contribution in [0, 0.1) is 29.5 Å². The lowest BCUT2D eigenvalue weighted by Crippen LogP contribution is -2.53. The fourth-order valence-electron chi connectivity index (χ4n) is 8.68. The molecule has 4 aliphatic rings. The number of allylic oxidation sites excluding steroid dienone is 2. The van der Waals surface area contributed by atoms with Gasteiger partial charge in [-0.15, -0.1) is 0 Å². The van der Waals surface area contributed by atoms with Crippen LogP contribution in [0.4, 0.5) is 10.1 Å². The van der Waals surface area contributed by atoms with E-state index in [0.29, 0.717) is 33.2 Å². The summed E-state index contributed by atoms with van der Waals surface area (Å²) in [7, 11) is 0. The van der Waals surface area contributed by atoms with E-state index in [2.05, 4.69) is 5.43 Å². The van der Waals surface area contributed by atoms with Crippen LogP contribution in [0.3, 0.4) is 0 Å². The highest BCUT2D eigenvalue weighted by Gasteiger charge is 2.70. The first kappa shape index (κ1) is 34.4. The summed E-state index contributed by atoms with van der Waals surface area (Å²) in [5.41, 5.74) is 3.40. The third kappa shape index (κ3) is 5.66. The molecule has 51 heavy (non-hydrogen) atoms. The first-order chi connectivity index (χ1) is 24.6. The lowest BCUT2D eigenvalue weighted by atomic mass is 9.49. The van der Waals surface area contributed by atoms with Crippen LogP contribution in [0.25, 0.3) is 0 Å². The van der Waals surface area contributed by atoms with Crippen LogP contribution in [0.15, 0.2) is 84.4 Å². The largest absolute Gasteiger partial charge is 0.491 e. The van der Waals surface area contributed by atoms with Crippen molar-refractivity contribution in [2.45, 2.75) is 37.0 Å². The zero-order chi connectivity index (χ0) is 36.0. The van der Waals surface area contributed by atoms with Gasteiger partial charge in [-0.2, -0.15) is 5.01 Å². The standard InChI is InChI=1S/C38H35ClFN3O8/c39-22-9-7-21(8-10-22)38-29(35(48)43(37(38)50)41-24-13-11-23(40)12-14-24)20-28-25(33(38)26-4-1-2-5-30(26)51-19-18-44)15-16-27-32(28)36(49)42(34(27)47)17-3-6-31(45)46/h1-2,4-5,7-15,27-29,32-33,41,44H,3,6,16-20H2,(H,45,46). The van der Waals surface area contributed by atoms with E-state index in [1.165, 1.54) is 24.3 Å². The maximum atomic E-state index is 15.2. The number of halogens is 2. The molecule has 0 bridgehead atoms. The summed E-state index contributed by atoms with van der Waals surface area (Å²) in [6.45, 7) is -0.358. The number of hydrogen-bond acceptors (Lipinski definition) is 8. The minimum Gasteiger partial charge on any atom is -0.491 e. The molecule has 1 saturated carbocycles. The fraction of sp³-hybridized carbons (Fsp3) is 0.342. The Kier molecular flexibility index (Phi) is 9.15. The number of anilines is 1. The number of benzene rings is 3. The van der Waals surface area contributed by atoms with Gasteiger partial charge in [0.05, 0.1) is 35.5 Å². The summed E-state index contributed by atoms with van der Waals surface area (Å²) < 4.78 is 19.9. The van der Waals surface area contributed by atoms with Crippen molar-refractivity contribution >= 4 is 46.9 Å². The molecular formula is C38H35ClFN3O8. The SMILES string of the molecule is O=C(O)CCCN1C(=O)C2CC=C3C(CC4C(=O)N(Nc5ccc(F)cc5)C(=O)C4(c4ccc(Cl)cc4)C3c3ccccc3OCCO)C2C1=O. The van der Waals surface area contributed by atoms with E-state index >= 15 is 4.79 Å². The van der Waals surface area contributed by atoms with E-state index in [4.69, 9.17) is 16.3 Å². The van der Waals surface area contributed by atoms with E-state index in [1.807, 2.05) is 6.08 Å². The van der Waals surface area contributed by atoms with Crippen LogP contribution in [-0.2, 0) is 29.4 Å². The molecule has 6 unspecified atom stereocenters. The van der Waals surface area contributed by atoms with Crippen LogP contribution < -0.4 is 10.2 Å². The monoisotopic (exact) mass is 715 g/mol. The quantitative estimate of drug-likeness (QED) is 0.189. The van der Waals surface area contributed by atoms with E-state index in [9.17, 15) is 33.8 Å². The molecule has 264 valence electrons. The average Bonchev–Trinajstić information content (AvgIpc) is 3.49. The molecule has 4 amide bonds. The molecule has 3 N–H and O–H groups in total. The second-order valence-corrected chi connectivity index (χ2v) is 13.7. The first-order valence-electron chi connectivity index (χ1n) is 16.8. The van der Waals surface area contributed by atoms with Crippen LogP contribution in [0.2, 0.25) is 5.02 Å². The van der Waals surface area contributed by atoms with Crippen molar-refractivity contribution in [3.63, 3.8) is 0 Å². The molecule has 3 aromatic rings. The highest BCUT2D eigenvalue weighted by molar-refractivity contribution is 6.30. The van der Waals surface area contributed by atoms with Crippen molar-refractivity contribution in [1.82, 2.24) is 9.91 Å². The zero-order valence-electron chi connectivity index (χ0n) is 27.3. The molecule has 3 fully saturated rings. The Morgan fingerprint density at radius 3 is 2.39 bits per heavy atom. The zero-order valence-corrected chi connectivity index (χ0v) is 28.1. The van der Waals surface area contributed by atoms with Crippen LogP contribution in [-0.4, -0.2) is 69.5 Å². The van der Waals surface area contributed by atoms with Gasteiger partial charge in [0, 0.05) is 29.5 Å². The lowest BCUT2D eigenvalue weighted by molar-refractivity contribution is -0.142. The normalized spacial score (nSPS) is 26.8. The summed E-state index contributed by atoms with van der Waals surface area (Å²) >= 11 is 6.34. The van der Waals surface area contributed by atoms with Gasteiger partial charge in [0.25, 0.3) is 11.8 Å². The van der Waals surface area contributed by atoms with Crippen LogP contribution in [0.1, 0.15) is 42.7 Å². The number of nitrogens with zero attached hydrogens (tertiary/aromatic N) is 2. The number of rotatable bonds is 11. The number of hydrazine groups is 1. The average molecular weight is 716 g/mol. The Bertz CT molecular complexity index is 1940. The maximum absolute atomic E-state index is 15.2. The van der Waals surface area contributed by atoms with Gasteiger partial charge in [-0.1, -0.05) is 53.6 Å². The Balaban J connectivity index is 1.41. The number of carbonyl (C=O) groups excluding carboxylic acids is 4. The van der Waals surface area contributed by atoms with E-state index in [1.54, 1.807) is 48.5 Å². The molecular weight excluding hydrogens is 681 g/mol. The molecule has 2 heterocycles. The molecule has 11 nitrogen and oxygen atoms in total. The van der Waals surface area contributed by atoms with E-state index < -0.39 is 64.5 Å². The van der Waals surface area contributed by atoms with E-state index in [-0.39, 0.29) is 51.3 Å². The number of fused-ring (bicyclic) bond motifs is 4. The van der Waals surface area contributed by atoms with Gasteiger partial charge in [-0.25, -0.2) is 4.39 Å². The minimum absolute atomic E-state index is 0.0365. The second-order valence-electron chi connectivity index (χ2n) is 13.3. The smallest absolute Gasteiger partial charge is 0.303 e. The van der Waals surface area contributed by atoms with Crippen molar-refractivity contribution in [1.29, 1.82) is 0 Å². The number of carboxylic acids is 1. The van der Waals surface area contributed by atoms with E-state index in [0.717, 1.165) is 9.91 Å². The summed E-state index contributed by atoms with van der Waals surface area (Å²) in [5.74, 6) is -7.18. The summed E-state index contributed by atoms with van der Waals surface area (Å²) in [6.07, 6.45) is 2.07. The molecule has 7 rings (SSSR count). The second kappa shape index (κ2) is 13.6. The molecule has 6 atom stereocenters. The number of amides is 4. The topological polar surface area (TPSA) is 154 Å². The number of ether oxygens (including phenoxy) is 1. The number of carboxylic acid groups (broad SMARTS) is 1. The Morgan fingerprint density at radius 2 is 1.69 bits per heavy atom. The van der Waals surface area contributed by atoms with Crippen molar-refractivity contribution in [2.24, 2.45) is 23.7 Å². The highest BCUT2D eigenvalue weighted by Crippen LogP contribution is 2.65. The molecule has 13 heteroatoms. The van der Waals surface area contributed by atoms with Gasteiger partial charge in [0.2, 0.25) is 11.8 Å². The number of imide groups is 2. The van der Waals surface area contributed by atoms with Gasteiger partial charge in [0.15, 0.2) is 0 Å². The lowest BCUT2D eigenvalue weighted by Gasteiger charge is -2.50. The summed E-state index contributed by atoms with van der Waals surface area (Å²) in [6, 6.07) is 19.0. The number of hydrogen-bond donors (Lipinski definition) is 3. The van der Waals surface area contributed by atoms with Crippen molar-refractivity contribution in [3.8, 4) is 5.75 Å². The molecule has 2 aliphatic carbocycles. The molecule has 0 spiro atoms. The maximum Gasteiger partial charge on any atom is 0.303 e. The Morgan fingerprint density at radius 1 is 0.961 bits per heavy atom. The van der Waals surface area contributed by atoms with Gasteiger partial charge >= 0.3 is 5.97 Å². The molecule has 0 radical (unpaired) electrons. The van der Waals surface area contributed by atoms with Crippen LogP contribution in [0.5, 0.6) is 5.75 Å². The van der Waals surface area contributed by atoms with Crippen molar-refractivity contribution < 1.29 is 43.3 Å². The Labute approximate surface area is 297 Å². The predicted octanol–water partition coefficient (Wildman–Crippen LogP) is 4.70. The number of likely N-dealkylation sites (tertiary alicyclic amines) is 1. The minimum atomic E-state index is -1.59. The van der Waals surface area contributed by atoms with Gasteiger partial charge in [0.1, 0.15) is 18.2 Å². The van der Waals surface area contributed by atoms with Crippen molar-refractivity contribution in [3.05, 3.63) is 106 Å². The first-order valence-corrected chi connectivity index (χ1v) is 17.2. The molecule has 0 aromatic heterocycles. The predicted molar refractivity (Wildman–Crippen MR) is 182 cm³/mol. The molecule has 2 saturated heterocycles. The third-order valence-corrected chi connectivity index (χ3v) is 11.0. The summed E-state index contributed by atoms with van der Waals surface area (Å²) in [5, 5.41) is 20.2. The molecule has 2 aliphatic heterocycles. The van der Waals surface area contributed by atoms with Gasteiger partial charge < -0.3 is 14.9 Å². The number of aliphatic hydroxyl groups is 1. The number of carbonyl (C=O) groups is 5. The van der Waals surface area contributed by atoms with Gasteiger partial charge in [-0.05, 0) is 73.2 Å². The van der Waals surface area contributed by atoms with Gasteiger partial charge in [-0.3, -0.25) is 34.3 Å². The third-order valence-electron chi connectivity index (χ3n) is 10.7. The Hall–Kier alpha value is -5.07. The highest BCUT2D eigenvalue weighted by atomic mass is 35.5. The van der Waals surface area contributed by atoms with Crippen LogP contribution >= 0.6 is 11.6 Å².